The summed E-state index contributed by atoms with van der Waals surface area (Å²) in [5, 5.41) is 10.7. The molecule has 17 nitrogen and oxygen atoms in total. The zero-order chi connectivity index (χ0) is 76.7. The van der Waals surface area contributed by atoms with Crippen molar-refractivity contribution < 1.29 is 80.2 Å². The van der Waals surface area contributed by atoms with Gasteiger partial charge >= 0.3 is 39.5 Å². The molecule has 0 amide bonds. The lowest BCUT2D eigenvalue weighted by Crippen LogP contribution is -2.30. The predicted octanol–water partition coefficient (Wildman–Crippen LogP) is 25.6. The van der Waals surface area contributed by atoms with Gasteiger partial charge in [-0.1, -0.05) is 389 Å². The van der Waals surface area contributed by atoms with Gasteiger partial charge in [-0.15, -0.1) is 0 Å². The van der Waals surface area contributed by atoms with Gasteiger partial charge in [0, 0.05) is 25.7 Å². The summed E-state index contributed by atoms with van der Waals surface area (Å²) in [6.07, 6.45) is 62.4. The van der Waals surface area contributed by atoms with E-state index in [1.54, 1.807) is 0 Å². The normalized spacial score (nSPS) is 14.2. The second-order valence-electron chi connectivity index (χ2n) is 32.2. The van der Waals surface area contributed by atoms with Crippen LogP contribution in [0.25, 0.3) is 0 Å². The maximum atomic E-state index is 13.1. The van der Waals surface area contributed by atoms with E-state index in [2.05, 4.69) is 55.4 Å². The quantitative estimate of drug-likeness (QED) is 0.0222. The Bertz CT molecular complexity index is 2030. The minimum Gasteiger partial charge on any atom is -0.462 e. The first-order valence-electron chi connectivity index (χ1n) is 43.7. The highest BCUT2D eigenvalue weighted by molar-refractivity contribution is 7.47. The Morgan fingerprint density at radius 1 is 0.269 bits per heavy atom. The fourth-order valence-electron chi connectivity index (χ4n) is 13.1. The summed E-state index contributed by atoms with van der Waals surface area (Å²) in [5.41, 5.74) is 0. The van der Waals surface area contributed by atoms with Crippen molar-refractivity contribution in [1.82, 2.24) is 0 Å². The molecular weight excluding hydrogens is 1350 g/mol. The summed E-state index contributed by atoms with van der Waals surface area (Å²) < 4.78 is 68.9. The zero-order valence-corrected chi connectivity index (χ0v) is 70.5. The average molecular weight is 1520 g/mol. The van der Waals surface area contributed by atoms with Crippen LogP contribution in [0.4, 0.5) is 0 Å². The van der Waals surface area contributed by atoms with Crippen LogP contribution in [0.15, 0.2) is 0 Å². The van der Waals surface area contributed by atoms with E-state index in [9.17, 15) is 43.2 Å². The van der Waals surface area contributed by atoms with E-state index in [1.165, 1.54) is 244 Å². The number of esters is 4. The Balaban J connectivity index is 5.26. The monoisotopic (exact) mass is 1520 g/mol. The molecule has 0 saturated heterocycles. The SMILES string of the molecule is CCC(C)CCCCCCCCCCCCCCCCC(=O)OC[C@H](COP(=O)(O)OC[C@@H](O)COP(=O)(O)OC[C@@H](COC(=O)CCCCCCCCCCC(C)C)OC(=O)CCCCCCCCCCCCCCCC(C)C)OC(=O)CCCCCCCCCCCCCCCCCCC(C)C. The summed E-state index contributed by atoms with van der Waals surface area (Å²) >= 11 is 0. The molecule has 0 heterocycles. The third-order valence-electron chi connectivity index (χ3n) is 20.2. The highest BCUT2D eigenvalue weighted by Crippen LogP contribution is 2.45. The Hall–Kier alpha value is -1.94. The van der Waals surface area contributed by atoms with Gasteiger partial charge < -0.3 is 33.8 Å². The molecule has 19 heteroatoms. The van der Waals surface area contributed by atoms with E-state index in [0.717, 1.165) is 114 Å². The van der Waals surface area contributed by atoms with Crippen LogP contribution in [-0.2, 0) is 65.4 Å². The first kappa shape index (κ1) is 102. The van der Waals surface area contributed by atoms with Crippen LogP contribution < -0.4 is 0 Å². The zero-order valence-electron chi connectivity index (χ0n) is 68.7. The molecule has 6 atom stereocenters. The summed E-state index contributed by atoms with van der Waals surface area (Å²) in [6, 6.07) is 0. The molecule has 0 rings (SSSR count). The lowest BCUT2D eigenvalue weighted by atomic mass is 9.99. The van der Waals surface area contributed by atoms with Gasteiger partial charge in [-0.25, -0.2) is 9.13 Å². The molecule has 0 aliphatic rings. The van der Waals surface area contributed by atoms with Gasteiger partial charge in [0.25, 0.3) is 0 Å². The van der Waals surface area contributed by atoms with Crippen molar-refractivity contribution >= 4 is 39.5 Å². The van der Waals surface area contributed by atoms with Gasteiger partial charge in [0.1, 0.15) is 19.3 Å². The minimum atomic E-state index is -4.97. The number of aliphatic hydroxyl groups excluding tert-OH is 1. The van der Waals surface area contributed by atoms with Gasteiger partial charge in [-0.05, 0) is 49.4 Å². The molecule has 0 aromatic rings. The van der Waals surface area contributed by atoms with Crippen LogP contribution in [0.2, 0.25) is 0 Å². The molecule has 0 radical (unpaired) electrons. The van der Waals surface area contributed by atoms with Crippen LogP contribution in [-0.4, -0.2) is 96.7 Å². The number of hydrogen-bond donors (Lipinski definition) is 3. The Morgan fingerprint density at radius 2 is 0.462 bits per heavy atom. The van der Waals surface area contributed by atoms with Gasteiger partial charge in [0.2, 0.25) is 0 Å². The first-order chi connectivity index (χ1) is 50.1. The van der Waals surface area contributed by atoms with Crippen molar-refractivity contribution in [2.45, 2.75) is 459 Å². The first-order valence-corrected chi connectivity index (χ1v) is 46.7. The smallest absolute Gasteiger partial charge is 0.462 e. The van der Waals surface area contributed by atoms with E-state index < -0.39 is 97.5 Å². The van der Waals surface area contributed by atoms with Crippen LogP contribution in [0.1, 0.15) is 441 Å². The van der Waals surface area contributed by atoms with Crippen LogP contribution in [0.3, 0.4) is 0 Å². The summed E-state index contributed by atoms with van der Waals surface area (Å²) in [4.78, 5) is 73.2. The lowest BCUT2D eigenvalue weighted by molar-refractivity contribution is -0.161. The number of phosphoric ester groups is 2. The van der Waals surface area contributed by atoms with E-state index in [-0.39, 0.29) is 25.7 Å². The van der Waals surface area contributed by atoms with E-state index >= 15 is 0 Å². The topological polar surface area (TPSA) is 237 Å². The molecular formula is C85H166O17P2. The van der Waals surface area contributed by atoms with Crippen molar-refractivity contribution in [2.24, 2.45) is 23.7 Å². The fraction of sp³-hybridized carbons (Fsp3) is 0.953. The number of carbonyl (C=O) groups is 4. The summed E-state index contributed by atoms with van der Waals surface area (Å²) in [7, 11) is -9.93. The Morgan fingerprint density at radius 3 is 0.683 bits per heavy atom. The number of carbonyl (C=O) groups excluding carboxylic acids is 4. The molecule has 618 valence electrons. The lowest BCUT2D eigenvalue weighted by Gasteiger charge is -2.21. The molecule has 3 N–H and O–H groups in total. The number of rotatable bonds is 82. The third-order valence-corrected chi connectivity index (χ3v) is 22.1. The number of phosphoric acid groups is 2. The third kappa shape index (κ3) is 76.8. The molecule has 3 unspecified atom stereocenters. The maximum absolute atomic E-state index is 13.1. The minimum absolute atomic E-state index is 0.106. The van der Waals surface area contributed by atoms with E-state index in [1.807, 2.05) is 0 Å². The Kier molecular flexibility index (Phi) is 72.5. The molecule has 0 bridgehead atoms. The van der Waals surface area contributed by atoms with Crippen molar-refractivity contribution in [1.29, 1.82) is 0 Å². The van der Waals surface area contributed by atoms with Crippen LogP contribution in [0.5, 0.6) is 0 Å². The fourth-order valence-corrected chi connectivity index (χ4v) is 14.7. The van der Waals surface area contributed by atoms with E-state index in [4.69, 9.17) is 37.0 Å². The molecule has 0 fully saturated rings. The largest absolute Gasteiger partial charge is 0.472 e. The number of hydrogen-bond acceptors (Lipinski definition) is 15. The molecule has 0 spiro atoms. The van der Waals surface area contributed by atoms with Crippen LogP contribution in [0, 0.1) is 23.7 Å². The number of aliphatic hydroxyl groups is 1. The second-order valence-corrected chi connectivity index (χ2v) is 35.2. The van der Waals surface area contributed by atoms with Gasteiger partial charge in [-0.2, -0.15) is 0 Å². The molecule has 0 saturated carbocycles. The average Bonchev–Trinajstić information content (AvgIpc) is 0.906. The molecule has 0 aromatic carbocycles. The Labute approximate surface area is 638 Å². The standard InChI is InChI=1S/C85H166O17P2/c1-9-78(8)64-56-48-40-31-25-19-14-15-20-26-32-41-49-57-65-82(87)95-71-80(101-84(89)67-59-51-43-33-27-21-13-11-10-12-17-23-29-37-45-53-61-75(2)3)73-99-103(91,92)97-69-79(86)70-98-104(93,94)100-74-81(72-96-83(88)66-58-50-42-36-35-39-47-55-63-77(6)7)102-85(90)68-60-52-44-34-28-22-16-18-24-30-38-46-54-62-76(4)5/h75-81,86H,9-74H2,1-8H3,(H,91,92)(H,93,94)/t78?,79-,80-,81-/m1/s1. The van der Waals surface area contributed by atoms with Gasteiger partial charge in [-0.3, -0.25) is 37.3 Å². The highest BCUT2D eigenvalue weighted by atomic mass is 31.2. The molecule has 104 heavy (non-hydrogen) atoms. The van der Waals surface area contributed by atoms with Gasteiger partial charge in [0.15, 0.2) is 12.2 Å². The predicted molar refractivity (Wildman–Crippen MR) is 428 cm³/mol. The molecule has 0 aromatic heterocycles. The number of ether oxygens (including phenoxy) is 4. The summed E-state index contributed by atoms with van der Waals surface area (Å²) in [5.74, 6) is 1.06. The highest BCUT2D eigenvalue weighted by Gasteiger charge is 2.30. The van der Waals surface area contributed by atoms with Crippen molar-refractivity contribution in [3.8, 4) is 0 Å². The molecule has 0 aliphatic heterocycles. The van der Waals surface area contributed by atoms with Crippen molar-refractivity contribution in [3.63, 3.8) is 0 Å². The molecule has 0 aliphatic carbocycles. The van der Waals surface area contributed by atoms with Crippen molar-refractivity contribution in [3.05, 3.63) is 0 Å². The van der Waals surface area contributed by atoms with E-state index in [0.29, 0.717) is 25.7 Å². The van der Waals surface area contributed by atoms with Crippen molar-refractivity contribution in [2.75, 3.05) is 39.6 Å². The summed E-state index contributed by atoms with van der Waals surface area (Å²) in [6.45, 7) is 14.3. The second kappa shape index (κ2) is 73.8. The maximum Gasteiger partial charge on any atom is 0.472 e. The van der Waals surface area contributed by atoms with Gasteiger partial charge in [0.05, 0.1) is 26.4 Å². The number of unbranched alkanes of at least 4 members (excludes halogenated alkanes) is 47. The van der Waals surface area contributed by atoms with Crippen LogP contribution >= 0.6 is 15.6 Å².